The second-order valence-corrected chi connectivity index (χ2v) is 4.85. The van der Waals surface area contributed by atoms with Crippen molar-refractivity contribution in [1.82, 2.24) is 4.90 Å². The van der Waals surface area contributed by atoms with E-state index in [1.54, 1.807) is 24.3 Å². The molecule has 0 heterocycles. The lowest BCUT2D eigenvalue weighted by molar-refractivity contribution is 0.0644. The Balaban J connectivity index is 2.99. The number of halogens is 1. The van der Waals surface area contributed by atoms with Crippen molar-refractivity contribution in [3.63, 3.8) is 0 Å². The Labute approximate surface area is 102 Å². The van der Waals surface area contributed by atoms with E-state index in [0.717, 1.165) is 0 Å². The molecule has 0 aliphatic carbocycles. The first-order valence-electron chi connectivity index (χ1n) is 5.51. The van der Waals surface area contributed by atoms with Gasteiger partial charge in [-0.1, -0.05) is 17.7 Å². The molecule has 88 valence electrons. The smallest absolute Gasteiger partial charge is 0.254 e. The summed E-state index contributed by atoms with van der Waals surface area (Å²) in [5, 5.41) is 0.596. The van der Waals surface area contributed by atoms with Crippen LogP contribution in [-0.4, -0.2) is 22.9 Å². The third kappa shape index (κ3) is 2.99. The third-order valence-electron chi connectivity index (χ3n) is 2.42. The van der Waals surface area contributed by atoms with Crippen LogP contribution in [0.1, 0.15) is 38.1 Å². The summed E-state index contributed by atoms with van der Waals surface area (Å²) >= 11 is 5.88. The molecule has 0 saturated carbocycles. The molecule has 0 aromatic heterocycles. The van der Waals surface area contributed by atoms with Crippen LogP contribution >= 0.6 is 11.6 Å². The molecule has 0 N–H and O–H groups in total. The Morgan fingerprint density at radius 3 is 2.19 bits per heavy atom. The van der Waals surface area contributed by atoms with Crippen LogP contribution in [0.15, 0.2) is 24.3 Å². The zero-order valence-electron chi connectivity index (χ0n) is 10.2. The standard InChI is InChI=1S/C13H18ClNO/c1-9(2)15(10(3)4)13(16)11-6-5-7-12(14)8-11/h5-10H,1-4H3. The van der Waals surface area contributed by atoms with Gasteiger partial charge in [-0.15, -0.1) is 0 Å². The third-order valence-corrected chi connectivity index (χ3v) is 2.65. The first-order chi connectivity index (χ1) is 7.43. The summed E-state index contributed by atoms with van der Waals surface area (Å²) in [5.74, 6) is 0.0347. The average molecular weight is 240 g/mol. The van der Waals surface area contributed by atoms with Crippen LogP contribution in [0.2, 0.25) is 5.02 Å². The number of amides is 1. The molecule has 0 aliphatic rings. The highest BCUT2D eigenvalue weighted by molar-refractivity contribution is 6.30. The van der Waals surface area contributed by atoms with Crippen LogP contribution in [0.4, 0.5) is 0 Å². The first kappa shape index (κ1) is 13.0. The molecule has 0 atom stereocenters. The molecular weight excluding hydrogens is 222 g/mol. The van der Waals surface area contributed by atoms with Gasteiger partial charge < -0.3 is 4.90 Å². The van der Waals surface area contributed by atoms with E-state index < -0.39 is 0 Å². The van der Waals surface area contributed by atoms with Crippen molar-refractivity contribution in [3.05, 3.63) is 34.9 Å². The molecule has 2 nitrogen and oxygen atoms in total. The van der Waals surface area contributed by atoms with Gasteiger partial charge in [0.15, 0.2) is 0 Å². The number of hydrogen-bond acceptors (Lipinski definition) is 1. The molecule has 0 spiro atoms. The molecule has 1 aromatic rings. The van der Waals surface area contributed by atoms with Gasteiger partial charge in [0.1, 0.15) is 0 Å². The van der Waals surface area contributed by atoms with Gasteiger partial charge >= 0.3 is 0 Å². The van der Waals surface area contributed by atoms with Crippen LogP contribution in [0, 0.1) is 0 Å². The maximum Gasteiger partial charge on any atom is 0.254 e. The molecule has 16 heavy (non-hydrogen) atoms. The number of hydrogen-bond donors (Lipinski definition) is 0. The van der Waals surface area contributed by atoms with E-state index >= 15 is 0 Å². The van der Waals surface area contributed by atoms with Gasteiger partial charge in [0, 0.05) is 22.7 Å². The zero-order chi connectivity index (χ0) is 12.3. The number of carbonyl (C=O) groups excluding carboxylic acids is 1. The SMILES string of the molecule is CC(C)N(C(=O)c1cccc(Cl)c1)C(C)C. The Morgan fingerprint density at radius 2 is 1.75 bits per heavy atom. The number of benzene rings is 1. The van der Waals surface area contributed by atoms with Crippen molar-refractivity contribution < 1.29 is 4.79 Å². The molecule has 1 aromatic carbocycles. The Morgan fingerprint density at radius 1 is 1.19 bits per heavy atom. The second kappa shape index (κ2) is 5.35. The maximum atomic E-state index is 12.2. The highest BCUT2D eigenvalue weighted by Crippen LogP contribution is 2.16. The highest BCUT2D eigenvalue weighted by atomic mass is 35.5. The number of carbonyl (C=O) groups is 1. The zero-order valence-corrected chi connectivity index (χ0v) is 11.0. The van der Waals surface area contributed by atoms with Gasteiger partial charge in [-0.2, -0.15) is 0 Å². The molecular formula is C13H18ClNO. The summed E-state index contributed by atoms with van der Waals surface area (Å²) in [4.78, 5) is 14.1. The van der Waals surface area contributed by atoms with Gasteiger partial charge in [0.2, 0.25) is 0 Å². The normalized spacial score (nSPS) is 10.9. The summed E-state index contributed by atoms with van der Waals surface area (Å²) in [5.41, 5.74) is 0.648. The quantitative estimate of drug-likeness (QED) is 0.789. The minimum atomic E-state index is 0.0347. The minimum Gasteiger partial charge on any atom is -0.334 e. The topological polar surface area (TPSA) is 20.3 Å². The predicted octanol–water partition coefficient (Wildman–Crippen LogP) is 3.60. The van der Waals surface area contributed by atoms with E-state index in [1.807, 2.05) is 32.6 Å². The second-order valence-electron chi connectivity index (χ2n) is 4.41. The van der Waals surface area contributed by atoms with Crippen molar-refractivity contribution in [2.24, 2.45) is 0 Å². The monoisotopic (exact) mass is 239 g/mol. The Bertz CT molecular complexity index is 366. The van der Waals surface area contributed by atoms with Crippen molar-refractivity contribution in [1.29, 1.82) is 0 Å². The van der Waals surface area contributed by atoms with Gasteiger partial charge in [-0.25, -0.2) is 0 Å². The van der Waals surface area contributed by atoms with Gasteiger partial charge in [-0.3, -0.25) is 4.79 Å². The van der Waals surface area contributed by atoms with E-state index in [9.17, 15) is 4.79 Å². The van der Waals surface area contributed by atoms with Crippen molar-refractivity contribution >= 4 is 17.5 Å². The minimum absolute atomic E-state index is 0.0347. The summed E-state index contributed by atoms with van der Waals surface area (Å²) in [6.45, 7) is 8.07. The molecule has 0 fully saturated rings. The van der Waals surface area contributed by atoms with Crippen molar-refractivity contribution in [2.45, 2.75) is 39.8 Å². The molecule has 0 saturated heterocycles. The van der Waals surface area contributed by atoms with Crippen LogP contribution in [-0.2, 0) is 0 Å². The molecule has 1 amide bonds. The predicted molar refractivity (Wildman–Crippen MR) is 67.9 cm³/mol. The fourth-order valence-corrected chi connectivity index (χ4v) is 2.03. The fraction of sp³-hybridized carbons (Fsp3) is 0.462. The largest absolute Gasteiger partial charge is 0.334 e. The molecule has 1 rings (SSSR count). The van der Waals surface area contributed by atoms with Gasteiger partial charge in [-0.05, 0) is 45.9 Å². The molecule has 0 unspecified atom stereocenters. The van der Waals surface area contributed by atoms with Gasteiger partial charge in [0.25, 0.3) is 5.91 Å². The maximum absolute atomic E-state index is 12.2. The number of rotatable bonds is 3. The fourth-order valence-electron chi connectivity index (χ4n) is 1.84. The van der Waals surface area contributed by atoms with Crippen LogP contribution < -0.4 is 0 Å². The van der Waals surface area contributed by atoms with Crippen LogP contribution in [0.25, 0.3) is 0 Å². The summed E-state index contributed by atoms with van der Waals surface area (Å²) < 4.78 is 0. The summed E-state index contributed by atoms with van der Waals surface area (Å²) in [7, 11) is 0. The Hall–Kier alpha value is -1.02. The molecule has 0 aliphatic heterocycles. The highest BCUT2D eigenvalue weighted by Gasteiger charge is 2.21. The van der Waals surface area contributed by atoms with Crippen LogP contribution in [0.3, 0.4) is 0 Å². The van der Waals surface area contributed by atoms with E-state index in [1.165, 1.54) is 0 Å². The lowest BCUT2D eigenvalue weighted by Crippen LogP contribution is -2.42. The summed E-state index contributed by atoms with van der Waals surface area (Å²) in [6, 6.07) is 7.45. The molecule has 3 heteroatoms. The first-order valence-corrected chi connectivity index (χ1v) is 5.89. The summed E-state index contributed by atoms with van der Waals surface area (Å²) in [6.07, 6.45) is 0. The van der Waals surface area contributed by atoms with E-state index in [-0.39, 0.29) is 18.0 Å². The van der Waals surface area contributed by atoms with E-state index in [4.69, 9.17) is 11.6 Å². The average Bonchev–Trinajstić information content (AvgIpc) is 2.16. The van der Waals surface area contributed by atoms with Crippen molar-refractivity contribution in [2.75, 3.05) is 0 Å². The van der Waals surface area contributed by atoms with Crippen LogP contribution in [0.5, 0.6) is 0 Å². The lowest BCUT2D eigenvalue weighted by Gasteiger charge is -2.30. The molecule has 0 radical (unpaired) electrons. The molecule has 0 bridgehead atoms. The van der Waals surface area contributed by atoms with Gasteiger partial charge in [0.05, 0.1) is 0 Å². The lowest BCUT2D eigenvalue weighted by atomic mass is 10.1. The van der Waals surface area contributed by atoms with E-state index in [2.05, 4.69) is 0 Å². The van der Waals surface area contributed by atoms with Crippen molar-refractivity contribution in [3.8, 4) is 0 Å². The number of nitrogens with zero attached hydrogens (tertiary/aromatic N) is 1. The van der Waals surface area contributed by atoms with E-state index in [0.29, 0.717) is 10.6 Å². The Kier molecular flexibility index (Phi) is 4.36.